The SMILES string of the molecule is COC(=O)[C@H](NC(=O)[C@H](C)CCCCC(=O)N[C@@H](C(C)=O)c1ccccc1)c1ccccc1. The molecule has 0 radical (unpaired) electrons. The molecule has 2 rings (SSSR count). The maximum atomic E-state index is 12.6. The molecule has 7 nitrogen and oxygen atoms in total. The van der Waals surface area contributed by atoms with Gasteiger partial charge in [-0.25, -0.2) is 4.79 Å². The Kier molecular flexibility index (Phi) is 10.3. The highest BCUT2D eigenvalue weighted by atomic mass is 16.5. The number of amides is 2. The summed E-state index contributed by atoms with van der Waals surface area (Å²) in [7, 11) is 1.29. The van der Waals surface area contributed by atoms with E-state index in [9.17, 15) is 19.2 Å². The van der Waals surface area contributed by atoms with Crippen LogP contribution in [-0.4, -0.2) is 30.7 Å². The number of hydrogen-bond donors (Lipinski definition) is 2. The predicted octanol–water partition coefficient (Wildman–Crippen LogP) is 3.66. The van der Waals surface area contributed by atoms with Crippen molar-refractivity contribution in [3.05, 3.63) is 71.8 Å². The Morgan fingerprint density at radius 1 is 0.818 bits per heavy atom. The molecule has 2 aromatic carbocycles. The zero-order chi connectivity index (χ0) is 24.2. The lowest BCUT2D eigenvalue weighted by molar-refractivity contribution is -0.145. The Labute approximate surface area is 194 Å². The Balaban J connectivity index is 1.80. The van der Waals surface area contributed by atoms with E-state index in [1.807, 2.05) is 36.4 Å². The number of methoxy groups -OCH3 is 1. The highest BCUT2D eigenvalue weighted by molar-refractivity contribution is 5.88. The monoisotopic (exact) mass is 452 g/mol. The zero-order valence-corrected chi connectivity index (χ0v) is 19.4. The fourth-order valence-electron chi connectivity index (χ4n) is 3.49. The molecule has 33 heavy (non-hydrogen) atoms. The molecule has 2 aromatic rings. The maximum Gasteiger partial charge on any atom is 0.333 e. The minimum atomic E-state index is -0.863. The van der Waals surface area contributed by atoms with Crippen LogP contribution in [0.15, 0.2) is 60.7 Å². The molecule has 0 saturated carbocycles. The van der Waals surface area contributed by atoms with Crippen molar-refractivity contribution >= 4 is 23.6 Å². The maximum absolute atomic E-state index is 12.6. The second-order valence-electron chi connectivity index (χ2n) is 8.04. The second-order valence-corrected chi connectivity index (χ2v) is 8.04. The number of hydrogen-bond acceptors (Lipinski definition) is 5. The molecule has 0 aliphatic carbocycles. The van der Waals surface area contributed by atoms with E-state index in [-0.39, 0.29) is 29.9 Å². The van der Waals surface area contributed by atoms with E-state index >= 15 is 0 Å². The van der Waals surface area contributed by atoms with Gasteiger partial charge in [0.1, 0.15) is 6.04 Å². The lowest BCUT2D eigenvalue weighted by atomic mass is 10.00. The van der Waals surface area contributed by atoms with Crippen LogP contribution in [0.1, 0.15) is 62.7 Å². The Bertz CT molecular complexity index is 930. The van der Waals surface area contributed by atoms with E-state index in [2.05, 4.69) is 10.6 Å². The number of carbonyl (C=O) groups excluding carboxylic acids is 4. The summed E-state index contributed by atoms with van der Waals surface area (Å²) in [6.07, 6.45) is 2.07. The predicted molar refractivity (Wildman–Crippen MR) is 125 cm³/mol. The topological polar surface area (TPSA) is 102 Å². The normalized spacial score (nSPS) is 13.3. The number of nitrogens with one attached hydrogen (secondary N) is 2. The average molecular weight is 453 g/mol. The van der Waals surface area contributed by atoms with Crippen molar-refractivity contribution in [1.82, 2.24) is 10.6 Å². The molecule has 0 unspecified atom stereocenters. The van der Waals surface area contributed by atoms with E-state index in [1.54, 1.807) is 31.2 Å². The highest BCUT2D eigenvalue weighted by Crippen LogP contribution is 2.18. The number of Topliss-reactive ketones (excluding diaryl/α,β-unsaturated/α-hetero) is 1. The van der Waals surface area contributed by atoms with Crippen LogP contribution >= 0.6 is 0 Å². The van der Waals surface area contributed by atoms with E-state index in [0.29, 0.717) is 24.8 Å². The van der Waals surface area contributed by atoms with Gasteiger partial charge in [0.15, 0.2) is 11.8 Å². The average Bonchev–Trinajstić information content (AvgIpc) is 2.83. The van der Waals surface area contributed by atoms with E-state index in [0.717, 1.165) is 5.56 Å². The molecule has 0 aliphatic heterocycles. The fourth-order valence-corrected chi connectivity index (χ4v) is 3.49. The van der Waals surface area contributed by atoms with Crippen molar-refractivity contribution in [2.45, 2.75) is 51.6 Å². The van der Waals surface area contributed by atoms with Gasteiger partial charge in [0.25, 0.3) is 0 Å². The molecule has 3 atom stereocenters. The van der Waals surface area contributed by atoms with Crippen molar-refractivity contribution in [2.75, 3.05) is 7.11 Å². The molecule has 2 amide bonds. The zero-order valence-electron chi connectivity index (χ0n) is 19.4. The Hall–Kier alpha value is -3.48. The molecule has 0 heterocycles. The molecular weight excluding hydrogens is 420 g/mol. The van der Waals surface area contributed by atoms with Gasteiger partial charge in [0.05, 0.1) is 7.11 Å². The van der Waals surface area contributed by atoms with Crippen LogP contribution in [-0.2, 0) is 23.9 Å². The van der Waals surface area contributed by atoms with Crippen LogP contribution in [0, 0.1) is 5.92 Å². The van der Waals surface area contributed by atoms with Gasteiger partial charge < -0.3 is 15.4 Å². The Morgan fingerprint density at radius 2 is 1.36 bits per heavy atom. The summed E-state index contributed by atoms with van der Waals surface area (Å²) < 4.78 is 4.83. The molecule has 7 heteroatoms. The first-order chi connectivity index (χ1) is 15.8. The van der Waals surface area contributed by atoms with Gasteiger partial charge in [0, 0.05) is 12.3 Å². The first-order valence-electron chi connectivity index (χ1n) is 11.1. The van der Waals surface area contributed by atoms with Crippen LogP contribution in [0.2, 0.25) is 0 Å². The first kappa shape index (κ1) is 25.8. The standard InChI is InChI=1S/C26H32N2O5/c1-18(25(31)28-24(26(32)33-3)21-15-8-5-9-16-21)12-10-11-17-22(30)27-23(19(2)29)20-13-6-4-7-14-20/h4-9,13-16,18,23-24H,10-12,17H2,1-3H3,(H,27,30)(H,28,31)/t18-,23+,24-/m1/s1. The molecule has 2 N–H and O–H groups in total. The summed E-state index contributed by atoms with van der Waals surface area (Å²) in [5.74, 6) is -1.45. The molecule has 0 aliphatic rings. The number of rotatable bonds is 12. The minimum Gasteiger partial charge on any atom is -0.467 e. The molecule has 0 bridgehead atoms. The fraction of sp³-hybridized carbons (Fsp3) is 0.385. The third kappa shape index (κ3) is 8.18. The second kappa shape index (κ2) is 13.2. The van der Waals surface area contributed by atoms with Gasteiger partial charge in [-0.1, -0.05) is 74.0 Å². The highest BCUT2D eigenvalue weighted by Gasteiger charge is 2.25. The molecule has 0 spiro atoms. The lowest BCUT2D eigenvalue weighted by Gasteiger charge is -2.19. The number of esters is 1. The summed E-state index contributed by atoms with van der Waals surface area (Å²) in [5, 5.41) is 5.55. The molecule has 0 saturated heterocycles. The van der Waals surface area contributed by atoms with Gasteiger partial charge in [0.2, 0.25) is 11.8 Å². The van der Waals surface area contributed by atoms with Crippen LogP contribution in [0.5, 0.6) is 0 Å². The van der Waals surface area contributed by atoms with Gasteiger partial charge in [-0.05, 0) is 30.9 Å². The molecule has 0 fully saturated rings. The summed E-state index contributed by atoms with van der Waals surface area (Å²) in [5.41, 5.74) is 1.40. The summed E-state index contributed by atoms with van der Waals surface area (Å²) in [4.78, 5) is 49.0. The number of unbranched alkanes of at least 4 members (excludes halogenated alkanes) is 1. The number of ketones is 1. The number of benzene rings is 2. The van der Waals surface area contributed by atoms with E-state index in [4.69, 9.17) is 4.74 Å². The van der Waals surface area contributed by atoms with Crippen LogP contribution in [0.4, 0.5) is 0 Å². The largest absolute Gasteiger partial charge is 0.467 e. The van der Waals surface area contributed by atoms with Crippen molar-refractivity contribution in [2.24, 2.45) is 5.92 Å². The summed E-state index contributed by atoms with van der Waals surface area (Å²) in [6.45, 7) is 3.24. The Morgan fingerprint density at radius 3 is 1.88 bits per heavy atom. The number of ether oxygens (including phenoxy) is 1. The van der Waals surface area contributed by atoms with E-state index < -0.39 is 18.1 Å². The van der Waals surface area contributed by atoms with E-state index in [1.165, 1.54) is 14.0 Å². The third-order valence-electron chi connectivity index (χ3n) is 5.44. The van der Waals surface area contributed by atoms with Crippen molar-refractivity contribution in [1.29, 1.82) is 0 Å². The van der Waals surface area contributed by atoms with Crippen molar-refractivity contribution < 1.29 is 23.9 Å². The van der Waals surface area contributed by atoms with Crippen LogP contribution in [0.25, 0.3) is 0 Å². The summed E-state index contributed by atoms with van der Waals surface area (Å²) >= 11 is 0. The molecule has 176 valence electrons. The van der Waals surface area contributed by atoms with Crippen molar-refractivity contribution in [3.8, 4) is 0 Å². The number of carbonyl (C=O) groups is 4. The quantitative estimate of drug-likeness (QED) is 0.378. The first-order valence-corrected chi connectivity index (χ1v) is 11.1. The summed E-state index contributed by atoms with van der Waals surface area (Å²) in [6, 6.07) is 16.5. The van der Waals surface area contributed by atoms with Gasteiger partial charge in [-0.3, -0.25) is 14.4 Å². The lowest BCUT2D eigenvalue weighted by Crippen LogP contribution is -2.37. The smallest absolute Gasteiger partial charge is 0.333 e. The van der Waals surface area contributed by atoms with Crippen LogP contribution < -0.4 is 10.6 Å². The van der Waals surface area contributed by atoms with Crippen molar-refractivity contribution in [3.63, 3.8) is 0 Å². The van der Waals surface area contributed by atoms with Gasteiger partial charge in [-0.15, -0.1) is 0 Å². The molecular formula is C26H32N2O5. The minimum absolute atomic E-state index is 0.126. The molecule has 0 aromatic heterocycles. The van der Waals surface area contributed by atoms with Crippen LogP contribution in [0.3, 0.4) is 0 Å². The third-order valence-corrected chi connectivity index (χ3v) is 5.44. The van der Waals surface area contributed by atoms with Gasteiger partial charge in [-0.2, -0.15) is 0 Å². The van der Waals surface area contributed by atoms with Gasteiger partial charge >= 0.3 is 5.97 Å².